The lowest BCUT2D eigenvalue weighted by Crippen LogP contribution is -1.93. The van der Waals surface area contributed by atoms with E-state index in [9.17, 15) is 0 Å². The first kappa shape index (κ1) is 16.0. The smallest absolute Gasteiger partial charge is 0.119 e. The summed E-state index contributed by atoms with van der Waals surface area (Å²) in [7, 11) is 0. The molecular weight excluding hydrogens is 276 g/mol. The van der Waals surface area contributed by atoms with Crippen molar-refractivity contribution in [1.29, 1.82) is 0 Å². The van der Waals surface area contributed by atoms with E-state index in [1.54, 1.807) is 0 Å². The third kappa shape index (κ3) is 5.20. The van der Waals surface area contributed by atoms with Gasteiger partial charge in [-0.05, 0) is 61.4 Å². The monoisotopic (exact) mass is 298 g/mol. The Morgan fingerprint density at radius 1 is 0.636 bits per heavy atom. The molecule has 2 aromatic rings. The maximum Gasteiger partial charge on any atom is 0.119 e. The maximum atomic E-state index is 5.53. The summed E-state index contributed by atoms with van der Waals surface area (Å²) < 4.78 is 11.1. The van der Waals surface area contributed by atoms with Gasteiger partial charge in [-0.1, -0.05) is 13.8 Å². The summed E-state index contributed by atoms with van der Waals surface area (Å²) in [6, 6.07) is 15.2. The first-order valence-corrected chi connectivity index (χ1v) is 7.69. The highest BCUT2D eigenvalue weighted by atomic mass is 16.5. The van der Waals surface area contributed by atoms with Gasteiger partial charge in [-0.25, -0.2) is 0 Å². The van der Waals surface area contributed by atoms with Crippen LogP contribution in [0, 0.1) is 0 Å². The Balaban J connectivity index is 1.93. The van der Waals surface area contributed by atoms with E-state index in [2.05, 4.69) is 24.1 Å². The molecule has 2 aromatic carbocycles. The second-order valence-electron chi connectivity index (χ2n) is 4.88. The molecule has 0 saturated heterocycles. The average molecular weight is 298 g/mol. The van der Waals surface area contributed by atoms with Crippen molar-refractivity contribution in [3.63, 3.8) is 0 Å². The van der Waals surface area contributed by atoms with Gasteiger partial charge >= 0.3 is 0 Å². The normalized spacial score (nSPS) is 10.8. The highest BCUT2D eigenvalue weighted by molar-refractivity contribution is 5.44. The van der Waals surface area contributed by atoms with E-state index >= 15 is 0 Å². The topological polar surface area (TPSA) is 43.2 Å². The first-order chi connectivity index (χ1) is 10.8. The van der Waals surface area contributed by atoms with Crippen LogP contribution < -0.4 is 9.47 Å². The van der Waals surface area contributed by atoms with E-state index < -0.39 is 0 Å². The quantitative estimate of drug-likeness (QED) is 0.588. The van der Waals surface area contributed by atoms with Crippen molar-refractivity contribution in [2.24, 2.45) is 10.2 Å². The second-order valence-corrected chi connectivity index (χ2v) is 4.88. The average Bonchev–Trinajstić information content (AvgIpc) is 2.58. The molecule has 0 aliphatic rings. The zero-order valence-corrected chi connectivity index (χ0v) is 13.2. The Bertz CT molecular complexity index is 524. The summed E-state index contributed by atoms with van der Waals surface area (Å²) in [4.78, 5) is 0. The summed E-state index contributed by atoms with van der Waals surface area (Å²) in [5, 5.41) is 8.44. The summed E-state index contributed by atoms with van der Waals surface area (Å²) in [5.74, 6) is 1.72. The fourth-order valence-electron chi connectivity index (χ4n) is 1.77. The molecule has 0 aliphatic carbocycles. The van der Waals surface area contributed by atoms with E-state index in [1.807, 2.05) is 48.5 Å². The molecule has 0 aromatic heterocycles. The largest absolute Gasteiger partial charge is 0.494 e. The standard InChI is InChI=1S/C18H22N2O2/c1-3-13-21-17-9-5-15(6-10-17)19-20-16-7-11-18(12-8-16)22-14-4-2/h5-12H,3-4,13-14H2,1-2H3/b20-19+. The predicted octanol–water partition coefficient (Wildman–Crippen LogP) is 5.68. The minimum Gasteiger partial charge on any atom is -0.494 e. The number of azo groups is 1. The van der Waals surface area contributed by atoms with Crippen molar-refractivity contribution in [2.75, 3.05) is 13.2 Å². The van der Waals surface area contributed by atoms with Crippen LogP contribution in [-0.2, 0) is 0 Å². The van der Waals surface area contributed by atoms with Gasteiger partial charge in [0, 0.05) is 0 Å². The molecule has 22 heavy (non-hydrogen) atoms. The van der Waals surface area contributed by atoms with Crippen LogP contribution in [0.2, 0.25) is 0 Å². The molecule has 0 heterocycles. The van der Waals surface area contributed by atoms with Gasteiger partial charge in [0.25, 0.3) is 0 Å². The van der Waals surface area contributed by atoms with Crippen LogP contribution in [0.1, 0.15) is 26.7 Å². The molecule has 0 spiro atoms. The van der Waals surface area contributed by atoms with Crippen molar-refractivity contribution >= 4 is 11.4 Å². The lowest BCUT2D eigenvalue weighted by molar-refractivity contribution is 0.317. The van der Waals surface area contributed by atoms with E-state index in [-0.39, 0.29) is 0 Å². The van der Waals surface area contributed by atoms with Crippen LogP contribution in [0.25, 0.3) is 0 Å². The van der Waals surface area contributed by atoms with E-state index in [1.165, 1.54) is 0 Å². The zero-order chi connectivity index (χ0) is 15.6. The van der Waals surface area contributed by atoms with Crippen molar-refractivity contribution in [1.82, 2.24) is 0 Å². The summed E-state index contributed by atoms with van der Waals surface area (Å²) >= 11 is 0. The van der Waals surface area contributed by atoms with Crippen LogP contribution >= 0.6 is 0 Å². The van der Waals surface area contributed by atoms with Crippen LogP contribution in [0.3, 0.4) is 0 Å². The number of hydrogen-bond donors (Lipinski definition) is 0. The van der Waals surface area contributed by atoms with Crippen molar-refractivity contribution in [3.05, 3.63) is 48.5 Å². The molecule has 0 amide bonds. The fourth-order valence-corrected chi connectivity index (χ4v) is 1.77. The Morgan fingerprint density at radius 2 is 1.00 bits per heavy atom. The molecule has 0 N–H and O–H groups in total. The first-order valence-electron chi connectivity index (χ1n) is 7.69. The van der Waals surface area contributed by atoms with Crippen molar-refractivity contribution in [3.8, 4) is 11.5 Å². The lowest BCUT2D eigenvalue weighted by atomic mass is 10.3. The number of ether oxygens (including phenoxy) is 2. The number of hydrogen-bond acceptors (Lipinski definition) is 4. The summed E-state index contributed by atoms with van der Waals surface area (Å²) in [5.41, 5.74) is 1.60. The van der Waals surface area contributed by atoms with E-state index in [0.717, 1.165) is 48.9 Å². The molecule has 0 fully saturated rings. The highest BCUT2D eigenvalue weighted by Crippen LogP contribution is 2.23. The number of nitrogens with zero attached hydrogens (tertiary/aromatic N) is 2. The molecule has 4 heteroatoms. The minimum absolute atomic E-state index is 0.729. The molecule has 0 atom stereocenters. The van der Waals surface area contributed by atoms with Crippen LogP contribution in [0.15, 0.2) is 58.8 Å². The third-order valence-corrected chi connectivity index (χ3v) is 2.90. The molecule has 4 nitrogen and oxygen atoms in total. The predicted molar refractivity (Wildman–Crippen MR) is 88.6 cm³/mol. The number of benzene rings is 2. The third-order valence-electron chi connectivity index (χ3n) is 2.90. The summed E-state index contributed by atoms with van der Waals surface area (Å²) in [6.45, 7) is 5.63. The maximum absolute atomic E-state index is 5.53. The number of rotatable bonds is 8. The highest BCUT2D eigenvalue weighted by Gasteiger charge is 1.96. The molecular formula is C18H22N2O2. The summed E-state index contributed by atoms with van der Waals surface area (Å²) in [6.07, 6.45) is 2.00. The van der Waals surface area contributed by atoms with Crippen LogP contribution in [-0.4, -0.2) is 13.2 Å². The molecule has 0 bridgehead atoms. The van der Waals surface area contributed by atoms with Gasteiger partial charge in [-0.3, -0.25) is 0 Å². The van der Waals surface area contributed by atoms with Crippen molar-refractivity contribution < 1.29 is 9.47 Å². The zero-order valence-electron chi connectivity index (χ0n) is 13.2. The molecule has 0 radical (unpaired) electrons. The van der Waals surface area contributed by atoms with E-state index in [4.69, 9.17) is 9.47 Å². The molecule has 0 unspecified atom stereocenters. The van der Waals surface area contributed by atoms with Gasteiger partial charge < -0.3 is 9.47 Å². The van der Waals surface area contributed by atoms with Gasteiger partial charge in [-0.15, -0.1) is 0 Å². The van der Waals surface area contributed by atoms with Gasteiger partial charge in [-0.2, -0.15) is 10.2 Å². The van der Waals surface area contributed by atoms with E-state index in [0.29, 0.717) is 0 Å². The molecule has 0 aliphatic heterocycles. The SMILES string of the molecule is CCCOc1ccc(/N=N/c2ccc(OCCC)cc2)cc1. The van der Waals surface area contributed by atoms with Crippen LogP contribution in [0.5, 0.6) is 11.5 Å². The van der Waals surface area contributed by atoms with Crippen molar-refractivity contribution in [2.45, 2.75) is 26.7 Å². The van der Waals surface area contributed by atoms with Gasteiger partial charge in [0.2, 0.25) is 0 Å². The molecule has 0 saturated carbocycles. The minimum atomic E-state index is 0.729. The lowest BCUT2D eigenvalue weighted by Gasteiger charge is -2.04. The van der Waals surface area contributed by atoms with Gasteiger partial charge in [0.05, 0.1) is 24.6 Å². The molecule has 116 valence electrons. The fraction of sp³-hybridized carbons (Fsp3) is 0.333. The Labute approximate surface area is 131 Å². The van der Waals surface area contributed by atoms with Gasteiger partial charge in [0.15, 0.2) is 0 Å². The Hall–Kier alpha value is -2.36. The Morgan fingerprint density at radius 3 is 1.32 bits per heavy atom. The van der Waals surface area contributed by atoms with Gasteiger partial charge in [0.1, 0.15) is 11.5 Å². The molecule has 2 rings (SSSR count). The van der Waals surface area contributed by atoms with Crippen LogP contribution in [0.4, 0.5) is 11.4 Å². The Kier molecular flexibility index (Phi) is 6.42. The second kappa shape index (κ2) is 8.82.